The molecule has 2 aliphatic rings. The molecule has 4 rings (SSSR count). The highest BCUT2D eigenvalue weighted by molar-refractivity contribution is 5.98. The van der Waals surface area contributed by atoms with Crippen LogP contribution in [0.1, 0.15) is 30.9 Å². The van der Waals surface area contributed by atoms with Gasteiger partial charge in [-0.3, -0.25) is 4.79 Å². The van der Waals surface area contributed by atoms with Crippen molar-refractivity contribution in [1.29, 1.82) is 0 Å². The van der Waals surface area contributed by atoms with Gasteiger partial charge in [0.05, 0.1) is 5.60 Å². The predicted molar refractivity (Wildman–Crippen MR) is 109 cm³/mol. The number of fused-ring (bicyclic) bond motifs is 1. The summed E-state index contributed by atoms with van der Waals surface area (Å²) < 4.78 is 14.1. The number of hydrogen-bond acceptors (Lipinski definition) is 4. The smallest absolute Gasteiger partial charge is 0.247 e. The number of aryl methyl sites for hydroxylation is 1. The predicted octanol–water partition coefficient (Wildman–Crippen LogP) is 3.46. The summed E-state index contributed by atoms with van der Waals surface area (Å²) in [5, 5.41) is 16.2. The lowest BCUT2D eigenvalue weighted by Crippen LogP contribution is -2.42. The molecule has 0 aromatic heterocycles. The Morgan fingerprint density at radius 3 is 2.75 bits per heavy atom. The minimum absolute atomic E-state index is 0.172. The molecule has 2 aromatic rings. The number of hydrogen-bond donors (Lipinski definition) is 3. The molecule has 2 heterocycles. The van der Waals surface area contributed by atoms with E-state index in [0.717, 1.165) is 48.6 Å². The Bertz CT molecular complexity index is 872. The third-order valence-electron chi connectivity index (χ3n) is 5.83. The molecule has 148 valence electrons. The Kier molecular flexibility index (Phi) is 4.75. The SMILES string of the molecule is Cc1ccc(F)c2c1NC(C(=O)Nc1cccc(N3CCC(C)(O)CC3)c1)C2. The van der Waals surface area contributed by atoms with E-state index in [2.05, 4.69) is 15.5 Å². The molecule has 0 radical (unpaired) electrons. The summed E-state index contributed by atoms with van der Waals surface area (Å²) in [7, 11) is 0. The quantitative estimate of drug-likeness (QED) is 0.760. The van der Waals surface area contributed by atoms with E-state index in [1.54, 1.807) is 6.07 Å². The van der Waals surface area contributed by atoms with Crippen molar-refractivity contribution >= 4 is 23.0 Å². The van der Waals surface area contributed by atoms with Gasteiger partial charge in [-0.15, -0.1) is 0 Å². The maximum absolute atomic E-state index is 14.1. The van der Waals surface area contributed by atoms with Gasteiger partial charge in [-0.05, 0) is 56.5 Å². The Morgan fingerprint density at radius 1 is 1.29 bits per heavy atom. The van der Waals surface area contributed by atoms with E-state index in [-0.39, 0.29) is 11.7 Å². The largest absolute Gasteiger partial charge is 0.390 e. The molecule has 28 heavy (non-hydrogen) atoms. The molecule has 6 heteroatoms. The zero-order valence-corrected chi connectivity index (χ0v) is 16.3. The molecule has 2 aromatic carbocycles. The fraction of sp³-hybridized carbons (Fsp3) is 0.409. The highest BCUT2D eigenvalue weighted by atomic mass is 19.1. The molecule has 0 aliphatic carbocycles. The van der Waals surface area contributed by atoms with Crippen LogP contribution in [0.25, 0.3) is 0 Å². The molecule has 5 nitrogen and oxygen atoms in total. The molecule has 0 spiro atoms. The van der Waals surface area contributed by atoms with Crippen molar-refractivity contribution in [3.63, 3.8) is 0 Å². The lowest BCUT2D eigenvalue weighted by Gasteiger charge is -2.37. The fourth-order valence-electron chi connectivity index (χ4n) is 3.98. The summed E-state index contributed by atoms with van der Waals surface area (Å²) in [5.74, 6) is -0.444. The van der Waals surface area contributed by atoms with E-state index in [1.807, 2.05) is 38.1 Å². The first-order chi connectivity index (χ1) is 13.3. The van der Waals surface area contributed by atoms with Crippen LogP contribution in [0.5, 0.6) is 0 Å². The summed E-state index contributed by atoms with van der Waals surface area (Å²) in [5.41, 5.74) is 3.39. The topological polar surface area (TPSA) is 64.6 Å². The van der Waals surface area contributed by atoms with Crippen molar-refractivity contribution in [3.8, 4) is 0 Å². The van der Waals surface area contributed by atoms with E-state index in [4.69, 9.17) is 0 Å². The van der Waals surface area contributed by atoms with Gasteiger partial charge >= 0.3 is 0 Å². The van der Waals surface area contributed by atoms with Crippen LogP contribution < -0.4 is 15.5 Å². The number of carbonyl (C=O) groups excluding carboxylic acids is 1. The lowest BCUT2D eigenvalue weighted by atomic mass is 9.93. The average Bonchev–Trinajstić information content (AvgIpc) is 3.12. The van der Waals surface area contributed by atoms with E-state index >= 15 is 0 Å². The van der Waals surface area contributed by atoms with Crippen LogP contribution in [0.3, 0.4) is 0 Å². The van der Waals surface area contributed by atoms with Crippen LogP contribution in [0.2, 0.25) is 0 Å². The minimum Gasteiger partial charge on any atom is -0.390 e. The molecule has 1 fully saturated rings. The van der Waals surface area contributed by atoms with Crippen LogP contribution in [-0.4, -0.2) is 35.7 Å². The number of nitrogens with zero attached hydrogens (tertiary/aromatic N) is 1. The fourth-order valence-corrected chi connectivity index (χ4v) is 3.98. The molecule has 3 N–H and O–H groups in total. The van der Waals surface area contributed by atoms with Crippen molar-refractivity contribution in [2.45, 2.75) is 44.8 Å². The summed E-state index contributed by atoms with van der Waals surface area (Å²) in [6.07, 6.45) is 1.78. The Morgan fingerprint density at radius 2 is 2.04 bits per heavy atom. The standard InChI is InChI=1S/C22H26FN3O2/c1-14-6-7-18(23)17-13-19(25-20(14)17)21(27)24-15-4-3-5-16(12-15)26-10-8-22(2,28)9-11-26/h3-7,12,19,25,28H,8-11,13H2,1-2H3,(H,24,27). The maximum atomic E-state index is 14.1. The molecule has 1 atom stereocenters. The van der Waals surface area contributed by atoms with Gasteiger partial charge in [0, 0.05) is 42.1 Å². The molecular formula is C22H26FN3O2. The lowest BCUT2D eigenvalue weighted by molar-refractivity contribution is -0.116. The van der Waals surface area contributed by atoms with Crippen LogP contribution >= 0.6 is 0 Å². The second kappa shape index (κ2) is 7.09. The number of benzene rings is 2. The van der Waals surface area contributed by atoms with Crippen LogP contribution in [0, 0.1) is 12.7 Å². The normalized spacial score (nSPS) is 20.4. The van der Waals surface area contributed by atoms with E-state index in [0.29, 0.717) is 12.0 Å². The zero-order chi connectivity index (χ0) is 19.9. The number of carbonyl (C=O) groups is 1. The van der Waals surface area contributed by atoms with Gasteiger partial charge in [-0.25, -0.2) is 4.39 Å². The van der Waals surface area contributed by atoms with E-state index in [1.165, 1.54) is 6.07 Å². The number of anilines is 3. The summed E-state index contributed by atoms with van der Waals surface area (Å²) in [4.78, 5) is 15.0. The minimum atomic E-state index is -0.598. The number of aliphatic hydroxyl groups is 1. The van der Waals surface area contributed by atoms with Crippen molar-refractivity contribution in [3.05, 3.63) is 53.3 Å². The Labute approximate surface area is 164 Å². The monoisotopic (exact) mass is 383 g/mol. The number of halogens is 1. The zero-order valence-electron chi connectivity index (χ0n) is 16.3. The highest BCUT2D eigenvalue weighted by Gasteiger charge is 2.30. The Hall–Kier alpha value is -2.60. The molecule has 0 saturated carbocycles. The van der Waals surface area contributed by atoms with Crippen molar-refractivity contribution < 1.29 is 14.3 Å². The number of rotatable bonds is 3. The van der Waals surface area contributed by atoms with Gasteiger partial charge in [0.15, 0.2) is 0 Å². The molecule has 2 aliphatic heterocycles. The Balaban J connectivity index is 1.43. The second-order valence-corrected chi connectivity index (χ2v) is 8.14. The van der Waals surface area contributed by atoms with Crippen LogP contribution in [-0.2, 0) is 11.2 Å². The number of nitrogens with one attached hydrogen (secondary N) is 2. The van der Waals surface area contributed by atoms with E-state index < -0.39 is 11.6 Å². The molecule has 1 amide bonds. The van der Waals surface area contributed by atoms with Gasteiger partial charge in [-0.1, -0.05) is 12.1 Å². The summed E-state index contributed by atoms with van der Waals surface area (Å²) in [6.45, 7) is 5.34. The highest BCUT2D eigenvalue weighted by Crippen LogP contribution is 2.32. The molecule has 1 saturated heterocycles. The van der Waals surface area contributed by atoms with Crippen molar-refractivity contribution in [1.82, 2.24) is 0 Å². The van der Waals surface area contributed by atoms with Gasteiger partial charge in [-0.2, -0.15) is 0 Å². The first-order valence-electron chi connectivity index (χ1n) is 9.75. The third kappa shape index (κ3) is 3.69. The number of piperidine rings is 1. The molecule has 1 unspecified atom stereocenters. The van der Waals surface area contributed by atoms with E-state index in [9.17, 15) is 14.3 Å². The summed E-state index contributed by atoms with van der Waals surface area (Å²) >= 11 is 0. The third-order valence-corrected chi connectivity index (χ3v) is 5.83. The first-order valence-corrected chi connectivity index (χ1v) is 9.75. The van der Waals surface area contributed by atoms with Crippen LogP contribution in [0.4, 0.5) is 21.5 Å². The van der Waals surface area contributed by atoms with Gasteiger partial charge in [0.25, 0.3) is 0 Å². The maximum Gasteiger partial charge on any atom is 0.247 e. The van der Waals surface area contributed by atoms with Gasteiger partial charge in [0.2, 0.25) is 5.91 Å². The van der Waals surface area contributed by atoms with Gasteiger partial charge < -0.3 is 20.6 Å². The van der Waals surface area contributed by atoms with Crippen molar-refractivity contribution in [2.75, 3.05) is 28.6 Å². The van der Waals surface area contributed by atoms with Crippen molar-refractivity contribution in [2.24, 2.45) is 0 Å². The van der Waals surface area contributed by atoms with Crippen LogP contribution in [0.15, 0.2) is 36.4 Å². The molecule has 0 bridgehead atoms. The first kappa shape index (κ1) is 18.7. The average molecular weight is 383 g/mol. The second-order valence-electron chi connectivity index (χ2n) is 8.14. The summed E-state index contributed by atoms with van der Waals surface area (Å²) in [6, 6.07) is 10.4. The van der Waals surface area contributed by atoms with Gasteiger partial charge in [0.1, 0.15) is 11.9 Å². The molecular weight excluding hydrogens is 357 g/mol. The number of amides is 1.